The number of aromatic nitrogens is 5. The summed E-state index contributed by atoms with van der Waals surface area (Å²) in [5.74, 6) is 2.32. The Bertz CT molecular complexity index is 1540. The second-order valence-electron chi connectivity index (χ2n) is 8.77. The van der Waals surface area contributed by atoms with E-state index in [-0.39, 0.29) is 4.87 Å². The monoisotopic (exact) mass is 453 g/mol. The number of hydrogen-bond acceptors (Lipinski definition) is 5. The van der Waals surface area contributed by atoms with Crippen molar-refractivity contribution in [3.8, 4) is 22.5 Å². The third-order valence-corrected chi connectivity index (χ3v) is 6.76. The number of benzene rings is 2. The summed E-state index contributed by atoms with van der Waals surface area (Å²) in [7, 11) is 0. The van der Waals surface area contributed by atoms with Crippen molar-refractivity contribution in [2.45, 2.75) is 39.2 Å². The molecule has 0 atom stereocenters. The summed E-state index contributed by atoms with van der Waals surface area (Å²) in [6.45, 7) is 4.91. The SMILES string of the molecule is Cc1cc(C)c2nc(C3CC3)n(Cc3ccc(-c4ccccc4-c4nsc(=O)[nH]4)cc3)c2n1. The number of fused-ring (bicyclic) bond motifs is 1. The van der Waals surface area contributed by atoms with Gasteiger partial charge in [-0.15, -0.1) is 0 Å². The summed E-state index contributed by atoms with van der Waals surface area (Å²) in [6.07, 6.45) is 2.41. The van der Waals surface area contributed by atoms with E-state index < -0.39 is 0 Å². The van der Waals surface area contributed by atoms with Crippen LogP contribution in [0.25, 0.3) is 33.7 Å². The first kappa shape index (κ1) is 20.1. The van der Waals surface area contributed by atoms with E-state index in [1.54, 1.807) is 0 Å². The van der Waals surface area contributed by atoms with Gasteiger partial charge < -0.3 is 4.57 Å². The normalized spacial score (nSPS) is 13.6. The van der Waals surface area contributed by atoms with E-state index in [1.165, 1.54) is 24.0 Å². The number of H-pyrrole nitrogens is 1. The molecule has 1 aliphatic carbocycles. The Balaban J connectivity index is 1.37. The van der Waals surface area contributed by atoms with Gasteiger partial charge in [0.1, 0.15) is 11.3 Å². The van der Waals surface area contributed by atoms with Gasteiger partial charge in [-0.05, 0) is 55.0 Å². The molecule has 1 saturated carbocycles. The molecule has 0 radical (unpaired) electrons. The maximum Gasteiger partial charge on any atom is 0.323 e. The maximum atomic E-state index is 11.6. The van der Waals surface area contributed by atoms with Crippen LogP contribution in [-0.2, 0) is 6.54 Å². The minimum Gasteiger partial charge on any atom is -0.308 e. The van der Waals surface area contributed by atoms with Crippen LogP contribution in [0.3, 0.4) is 0 Å². The zero-order valence-electron chi connectivity index (χ0n) is 18.5. The topological polar surface area (TPSA) is 76.5 Å². The van der Waals surface area contributed by atoms with E-state index in [2.05, 4.69) is 57.2 Å². The number of nitrogens with zero attached hydrogens (tertiary/aromatic N) is 4. The molecule has 6 nitrogen and oxygen atoms in total. The lowest BCUT2D eigenvalue weighted by Crippen LogP contribution is -2.05. The zero-order chi connectivity index (χ0) is 22.5. The molecule has 1 fully saturated rings. The lowest BCUT2D eigenvalue weighted by Gasteiger charge is -2.11. The number of aromatic amines is 1. The molecule has 0 unspecified atom stereocenters. The zero-order valence-corrected chi connectivity index (χ0v) is 19.3. The average molecular weight is 454 g/mol. The van der Waals surface area contributed by atoms with Gasteiger partial charge in [0, 0.05) is 28.7 Å². The number of aryl methyl sites for hydroxylation is 2. The van der Waals surface area contributed by atoms with Gasteiger partial charge in [0.15, 0.2) is 11.5 Å². The first-order valence-corrected chi connectivity index (χ1v) is 11.9. The fourth-order valence-electron chi connectivity index (χ4n) is 4.49. The molecule has 0 saturated heterocycles. The van der Waals surface area contributed by atoms with Crippen LogP contribution in [0.5, 0.6) is 0 Å². The van der Waals surface area contributed by atoms with Gasteiger partial charge >= 0.3 is 4.87 Å². The van der Waals surface area contributed by atoms with Crippen molar-refractivity contribution >= 4 is 22.7 Å². The fraction of sp³-hybridized carbons (Fsp3) is 0.231. The number of rotatable bonds is 5. The van der Waals surface area contributed by atoms with Crippen molar-refractivity contribution in [1.82, 2.24) is 23.9 Å². The standard InChI is InChI=1S/C26H23N5OS/c1-15-13-16(2)27-25-22(15)28-24(19-11-12-19)31(25)14-17-7-9-18(10-8-17)20-5-3-4-6-21(20)23-29-26(32)33-30-23/h3-10,13,19H,11-12,14H2,1-2H3,(H,29,30,32). The van der Waals surface area contributed by atoms with Crippen molar-refractivity contribution in [1.29, 1.82) is 0 Å². The second-order valence-corrected chi connectivity index (χ2v) is 9.51. The molecule has 7 heteroatoms. The van der Waals surface area contributed by atoms with E-state index in [0.29, 0.717) is 11.7 Å². The summed E-state index contributed by atoms with van der Waals surface area (Å²) in [5, 5.41) is 0. The maximum absolute atomic E-state index is 11.6. The molecule has 3 aromatic heterocycles. The Morgan fingerprint density at radius 1 is 1.03 bits per heavy atom. The van der Waals surface area contributed by atoms with Crippen LogP contribution in [0.15, 0.2) is 59.4 Å². The highest BCUT2D eigenvalue weighted by molar-refractivity contribution is 7.03. The van der Waals surface area contributed by atoms with Crippen LogP contribution in [0.2, 0.25) is 0 Å². The van der Waals surface area contributed by atoms with Crippen molar-refractivity contribution in [2.75, 3.05) is 0 Å². The van der Waals surface area contributed by atoms with Crippen LogP contribution >= 0.6 is 11.5 Å². The van der Waals surface area contributed by atoms with E-state index in [9.17, 15) is 4.79 Å². The van der Waals surface area contributed by atoms with E-state index in [0.717, 1.165) is 57.4 Å². The quantitative estimate of drug-likeness (QED) is 0.384. The van der Waals surface area contributed by atoms with E-state index in [4.69, 9.17) is 9.97 Å². The second kappa shape index (κ2) is 7.78. The molecular weight excluding hydrogens is 430 g/mol. The van der Waals surface area contributed by atoms with Gasteiger partial charge in [-0.3, -0.25) is 9.78 Å². The molecule has 1 aliphatic rings. The third kappa shape index (κ3) is 3.68. The Morgan fingerprint density at radius 2 is 1.79 bits per heavy atom. The van der Waals surface area contributed by atoms with Gasteiger partial charge in [-0.25, -0.2) is 9.97 Å². The predicted molar refractivity (Wildman–Crippen MR) is 132 cm³/mol. The molecule has 0 bridgehead atoms. The summed E-state index contributed by atoms with van der Waals surface area (Å²) >= 11 is 0.943. The first-order valence-electron chi connectivity index (χ1n) is 11.2. The Hall–Kier alpha value is -3.58. The van der Waals surface area contributed by atoms with Crippen molar-refractivity contribution in [3.05, 3.63) is 86.9 Å². The number of imidazole rings is 1. The molecule has 0 spiro atoms. The van der Waals surface area contributed by atoms with Gasteiger partial charge in [-0.2, -0.15) is 4.37 Å². The van der Waals surface area contributed by atoms with Crippen LogP contribution in [0, 0.1) is 13.8 Å². The van der Waals surface area contributed by atoms with Gasteiger partial charge in [0.25, 0.3) is 0 Å². The molecule has 1 N–H and O–H groups in total. The number of nitrogens with one attached hydrogen (secondary N) is 1. The molecular formula is C26H23N5OS. The minimum absolute atomic E-state index is 0.145. The van der Waals surface area contributed by atoms with Gasteiger partial charge in [0.2, 0.25) is 0 Å². The summed E-state index contributed by atoms with van der Waals surface area (Å²) in [4.78, 5) is 24.1. The van der Waals surface area contributed by atoms with E-state index >= 15 is 0 Å². The highest BCUT2D eigenvalue weighted by Gasteiger charge is 2.30. The number of hydrogen-bond donors (Lipinski definition) is 1. The van der Waals surface area contributed by atoms with Crippen LogP contribution in [0.1, 0.15) is 41.4 Å². The molecule has 6 rings (SSSR count). The van der Waals surface area contributed by atoms with Crippen LogP contribution < -0.4 is 4.87 Å². The minimum atomic E-state index is -0.145. The highest BCUT2D eigenvalue weighted by Crippen LogP contribution is 2.41. The van der Waals surface area contributed by atoms with Crippen molar-refractivity contribution in [3.63, 3.8) is 0 Å². The molecule has 2 aromatic carbocycles. The van der Waals surface area contributed by atoms with Gasteiger partial charge in [-0.1, -0.05) is 48.5 Å². The molecule has 5 aromatic rings. The Kier molecular flexibility index (Phi) is 4.73. The molecule has 3 heterocycles. The lowest BCUT2D eigenvalue weighted by molar-refractivity contribution is 0.739. The summed E-state index contributed by atoms with van der Waals surface area (Å²) < 4.78 is 6.57. The van der Waals surface area contributed by atoms with Crippen LogP contribution in [-0.4, -0.2) is 23.9 Å². The average Bonchev–Trinajstić information content (AvgIpc) is 3.47. The molecule has 0 aliphatic heterocycles. The Morgan fingerprint density at radius 3 is 2.48 bits per heavy atom. The highest BCUT2D eigenvalue weighted by atomic mass is 32.1. The Labute approximate surface area is 195 Å². The summed E-state index contributed by atoms with van der Waals surface area (Å²) in [6, 6.07) is 18.7. The molecule has 33 heavy (non-hydrogen) atoms. The summed E-state index contributed by atoms with van der Waals surface area (Å²) in [5.41, 5.74) is 8.48. The van der Waals surface area contributed by atoms with Crippen molar-refractivity contribution in [2.24, 2.45) is 0 Å². The molecule has 0 amide bonds. The first-order chi connectivity index (χ1) is 16.1. The van der Waals surface area contributed by atoms with Gasteiger partial charge in [0.05, 0.1) is 6.54 Å². The third-order valence-electron chi connectivity index (χ3n) is 6.22. The molecule has 164 valence electrons. The fourth-order valence-corrected chi connectivity index (χ4v) is 4.95. The van der Waals surface area contributed by atoms with E-state index in [1.807, 2.05) is 25.1 Å². The lowest BCUT2D eigenvalue weighted by atomic mass is 9.98. The van der Waals surface area contributed by atoms with Crippen molar-refractivity contribution < 1.29 is 0 Å². The predicted octanol–water partition coefficient (Wildman–Crippen LogP) is 5.45. The number of pyridine rings is 1. The smallest absolute Gasteiger partial charge is 0.308 e. The van der Waals surface area contributed by atoms with Crippen LogP contribution in [0.4, 0.5) is 0 Å². The largest absolute Gasteiger partial charge is 0.323 e.